The van der Waals surface area contributed by atoms with E-state index in [2.05, 4.69) is 10.2 Å². The highest BCUT2D eigenvalue weighted by Gasteiger charge is 2.27. The molecule has 164 valence electrons. The number of hydrogen-bond acceptors (Lipinski definition) is 10. The predicted octanol–water partition coefficient (Wildman–Crippen LogP) is 5.02. The third-order valence-electron chi connectivity index (χ3n) is 4.73. The number of hydrogen-bond donors (Lipinski definition) is 0. The lowest BCUT2D eigenvalue weighted by atomic mass is 10.2. The van der Waals surface area contributed by atoms with Crippen LogP contribution in [0.15, 0.2) is 57.5 Å². The number of methoxy groups -OCH3 is 2. The zero-order valence-electron chi connectivity index (χ0n) is 17.3. The van der Waals surface area contributed by atoms with Crippen molar-refractivity contribution in [3.63, 3.8) is 0 Å². The standard InChI is InChI=1S/C22H19N3O5S2/c1-26-15-8-7-13(9-18(15)27-2)21-23-14(11-31-21)12-32-22-25-24-20(30-22)19-10-28-16-5-3-4-6-17(16)29-19/h3-9,11,19H,10,12H2,1-2H3/t19-/m0/s1. The molecule has 0 amide bonds. The molecule has 0 spiro atoms. The third kappa shape index (κ3) is 4.23. The smallest absolute Gasteiger partial charge is 0.277 e. The molecule has 2 aromatic heterocycles. The number of nitrogens with zero attached hydrogens (tertiary/aromatic N) is 3. The number of para-hydroxylation sites is 2. The van der Waals surface area contributed by atoms with Crippen molar-refractivity contribution in [3.05, 3.63) is 59.4 Å². The monoisotopic (exact) mass is 469 g/mol. The van der Waals surface area contributed by atoms with E-state index in [1.165, 1.54) is 11.8 Å². The molecule has 2 aromatic carbocycles. The van der Waals surface area contributed by atoms with E-state index in [1.54, 1.807) is 25.6 Å². The molecule has 0 saturated carbocycles. The molecule has 0 fully saturated rings. The van der Waals surface area contributed by atoms with Crippen molar-refractivity contribution in [1.29, 1.82) is 0 Å². The van der Waals surface area contributed by atoms with Crippen molar-refractivity contribution in [2.75, 3.05) is 20.8 Å². The summed E-state index contributed by atoms with van der Waals surface area (Å²) >= 11 is 3.00. The third-order valence-corrected chi connectivity index (χ3v) is 6.52. The highest BCUT2D eigenvalue weighted by atomic mass is 32.2. The Labute approximate surface area is 192 Å². The van der Waals surface area contributed by atoms with E-state index in [1.807, 2.05) is 47.8 Å². The maximum Gasteiger partial charge on any atom is 0.277 e. The molecule has 1 aliphatic heterocycles. The number of thiazole rings is 1. The molecule has 0 N–H and O–H groups in total. The van der Waals surface area contributed by atoms with Crippen molar-refractivity contribution < 1.29 is 23.4 Å². The van der Waals surface area contributed by atoms with E-state index < -0.39 is 6.10 Å². The summed E-state index contributed by atoms with van der Waals surface area (Å²) in [5.41, 5.74) is 1.90. The Morgan fingerprint density at radius 1 is 1.06 bits per heavy atom. The van der Waals surface area contributed by atoms with E-state index in [-0.39, 0.29) is 0 Å². The summed E-state index contributed by atoms with van der Waals surface area (Å²) in [5, 5.41) is 11.6. The minimum absolute atomic E-state index is 0.323. The van der Waals surface area contributed by atoms with Crippen molar-refractivity contribution in [1.82, 2.24) is 15.2 Å². The van der Waals surface area contributed by atoms with Gasteiger partial charge in [-0.1, -0.05) is 23.9 Å². The summed E-state index contributed by atoms with van der Waals surface area (Å²) in [7, 11) is 3.24. The quantitative estimate of drug-likeness (QED) is 0.346. The van der Waals surface area contributed by atoms with E-state index >= 15 is 0 Å². The summed E-state index contributed by atoms with van der Waals surface area (Å²) in [4.78, 5) is 4.71. The van der Waals surface area contributed by atoms with Gasteiger partial charge in [0.05, 0.1) is 19.9 Å². The molecule has 10 heteroatoms. The Hall–Kier alpha value is -3.24. The predicted molar refractivity (Wildman–Crippen MR) is 120 cm³/mol. The number of benzene rings is 2. The van der Waals surface area contributed by atoms with Crippen LogP contribution in [0.5, 0.6) is 23.0 Å². The summed E-state index contributed by atoms with van der Waals surface area (Å²) in [5.74, 6) is 3.74. The number of aromatic nitrogens is 3. The molecule has 1 aliphatic rings. The lowest BCUT2D eigenvalue weighted by molar-refractivity contribution is 0.0686. The zero-order valence-corrected chi connectivity index (χ0v) is 18.9. The fourth-order valence-corrected chi connectivity index (χ4v) is 4.75. The maximum absolute atomic E-state index is 5.92. The van der Waals surface area contributed by atoms with Gasteiger partial charge in [0.1, 0.15) is 11.6 Å². The average Bonchev–Trinajstić information content (AvgIpc) is 3.52. The molecule has 0 unspecified atom stereocenters. The molecular weight excluding hydrogens is 450 g/mol. The normalized spacial score (nSPS) is 14.9. The molecule has 0 bridgehead atoms. The Morgan fingerprint density at radius 3 is 2.75 bits per heavy atom. The van der Waals surface area contributed by atoms with Gasteiger partial charge < -0.3 is 23.4 Å². The van der Waals surface area contributed by atoms with Crippen LogP contribution < -0.4 is 18.9 Å². The highest BCUT2D eigenvalue weighted by Crippen LogP contribution is 2.37. The van der Waals surface area contributed by atoms with Crippen molar-refractivity contribution in [3.8, 4) is 33.6 Å². The van der Waals surface area contributed by atoms with Gasteiger partial charge in [-0.05, 0) is 30.3 Å². The lowest BCUT2D eigenvalue weighted by Gasteiger charge is -2.23. The molecule has 0 saturated heterocycles. The number of thioether (sulfide) groups is 1. The van der Waals surface area contributed by atoms with E-state index in [0.717, 1.165) is 16.3 Å². The second kappa shape index (κ2) is 9.09. The first-order valence-electron chi connectivity index (χ1n) is 9.75. The number of rotatable bonds is 7. The van der Waals surface area contributed by atoms with E-state index in [9.17, 15) is 0 Å². The van der Waals surface area contributed by atoms with Gasteiger partial charge in [0.25, 0.3) is 11.1 Å². The van der Waals surface area contributed by atoms with Gasteiger partial charge >= 0.3 is 0 Å². The topological polar surface area (TPSA) is 88.7 Å². The van der Waals surface area contributed by atoms with Crippen molar-refractivity contribution in [2.45, 2.75) is 17.1 Å². The van der Waals surface area contributed by atoms with Crippen LogP contribution in [0.2, 0.25) is 0 Å². The summed E-state index contributed by atoms with van der Waals surface area (Å²) in [6.45, 7) is 0.323. The zero-order chi connectivity index (χ0) is 21.9. The molecule has 0 aliphatic carbocycles. The van der Waals surface area contributed by atoms with Gasteiger partial charge in [-0.2, -0.15) is 0 Å². The SMILES string of the molecule is COc1ccc(-c2nc(CSc3nnc([C@@H]4COc5ccccc5O4)o3)cs2)cc1OC. The van der Waals surface area contributed by atoms with Crippen LogP contribution in [0, 0.1) is 0 Å². The number of fused-ring (bicyclic) bond motifs is 1. The largest absolute Gasteiger partial charge is 0.493 e. The van der Waals surface area contributed by atoms with Gasteiger partial charge in [0, 0.05) is 16.7 Å². The van der Waals surface area contributed by atoms with Gasteiger partial charge in [0.2, 0.25) is 6.10 Å². The van der Waals surface area contributed by atoms with Crippen LogP contribution in [0.3, 0.4) is 0 Å². The van der Waals surface area contributed by atoms with Crippen molar-refractivity contribution in [2.24, 2.45) is 0 Å². The summed E-state index contributed by atoms with van der Waals surface area (Å²) in [6.07, 6.45) is -0.428. The van der Waals surface area contributed by atoms with Crippen LogP contribution >= 0.6 is 23.1 Å². The molecule has 3 heterocycles. The molecule has 4 aromatic rings. The van der Waals surface area contributed by atoms with Gasteiger partial charge in [-0.15, -0.1) is 21.5 Å². The summed E-state index contributed by atoms with van der Waals surface area (Å²) < 4.78 is 28.1. The summed E-state index contributed by atoms with van der Waals surface area (Å²) in [6, 6.07) is 13.3. The maximum atomic E-state index is 5.92. The van der Waals surface area contributed by atoms with Crippen molar-refractivity contribution >= 4 is 23.1 Å². The lowest BCUT2D eigenvalue weighted by Crippen LogP contribution is -2.21. The second-order valence-electron chi connectivity index (χ2n) is 6.77. The fourth-order valence-electron chi connectivity index (χ4n) is 3.16. The highest BCUT2D eigenvalue weighted by molar-refractivity contribution is 7.98. The van der Waals surface area contributed by atoms with Crippen LogP contribution in [0.4, 0.5) is 0 Å². The first-order valence-corrected chi connectivity index (χ1v) is 11.6. The van der Waals surface area contributed by atoms with Gasteiger partial charge in [0.15, 0.2) is 23.0 Å². The van der Waals surface area contributed by atoms with Gasteiger partial charge in [-0.25, -0.2) is 4.98 Å². The Balaban J connectivity index is 1.22. The Bertz CT molecular complexity index is 1230. The molecular formula is C22H19N3O5S2. The fraction of sp³-hybridized carbons (Fsp3) is 0.227. The molecule has 8 nitrogen and oxygen atoms in total. The minimum Gasteiger partial charge on any atom is -0.493 e. The van der Waals surface area contributed by atoms with Crippen LogP contribution in [0.25, 0.3) is 10.6 Å². The Morgan fingerprint density at radius 2 is 1.91 bits per heavy atom. The average molecular weight is 470 g/mol. The second-order valence-corrected chi connectivity index (χ2v) is 8.56. The molecule has 0 radical (unpaired) electrons. The van der Waals surface area contributed by atoms with Gasteiger partial charge in [-0.3, -0.25) is 0 Å². The first kappa shape index (κ1) is 20.7. The minimum atomic E-state index is -0.428. The van der Waals surface area contributed by atoms with E-state index in [0.29, 0.717) is 46.5 Å². The molecule has 32 heavy (non-hydrogen) atoms. The number of ether oxygens (including phenoxy) is 4. The molecule has 1 atom stereocenters. The van der Waals surface area contributed by atoms with Crippen LogP contribution in [-0.2, 0) is 5.75 Å². The Kier molecular flexibility index (Phi) is 5.87. The molecule has 5 rings (SSSR count). The first-order chi connectivity index (χ1) is 15.7. The van der Waals surface area contributed by atoms with E-state index in [4.69, 9.17) is 28.3 Å². The van der Waals surface area contributed by atoms with Crippen LogP contribution in [-0.4, -0.2) is 36.0 Å². The van der Waals surface area contributed by atoms with Crippen LogP contribution in [0.1, 0.15) is 17.7 Å².